The summed E-state index contributed by atoms with van der Waals surface area (Å²) in [4.78, 5) is 27.4. The predicted molar refractivity (Wildman–Crippen MR) is 94.3 cm³/mol. The highest BCUT2D eigenvalue weighted by molar-refractivity contribution is 6.35. The number of amides is 1. The molecule has 136 valence electrons. The smallest absolute Gasteiger partial charge is 0.321 e. The first-order valence-corrected chi connectivity index (χ1v) is 9.04. The minimum atomic E-state index is -0.761. The van der Waals surface area contributed by atoms with Gasteiger partial charge in [0.15, 0.2) is 6.61 Å². The average molecular weight is 387 g/mol. The number of hydrogen-bond acceptors (Lipinski definition) is 4. The van der Waals surface area contributed by atoms with Gasteiger partial charge in [-0.05, 0) is 37.0 Å². The van der Waals surface area contributed by atoms with Crippen molar-refractivity contribution in [2.45, 2.75) is 18.9 Å². The van der Waals surface area contributed by atoms with Gasteiger partial charge in [0.2, 0.25) is 0 Å². The second kappa shape index (κ2) is 7.81. The maximum atomic E-state index is 12.3. The lowest BCUT2D eigenvalue weighted by Crippen LogP contribution is -2.55. The second-order valence-corrected chi connectivity index (χ2v) is 7.24. The Labute approximate surface area is 156 Å². The van der Waals surface area contributed by atoms with E-state index in [1.54, 1.807) is 23.1 Å². The van der Waals surface area contributed by atoms with Crippen molar-refractivity contribution in [1.29, 1.82) is 0 Å². The van der Waals surface area contributed by atoms with Crippen LogP contribution in [0.25, 0.3) is 0 Å². The molecule has 1 saturated carbocycles. The number of ether oxygens (including phenoxy) is 1. The Bertz CT molecular complexity index is 658. The molecule has 0 bridgehead atoms. The summed E-state index contributed by atoms with van der Waals surface area (Å²) in [5, 5.41) is 10.3. The van der Waals surface area contributed by atoms with E-state index >= 15 is 0 Å². The van der Waals surface area contributed by atoms with E-state index in [-0.39, 0.29) is 18.4 Å². The van der Waals surface area contributed by atoms with E-state index in [1.807, 2.05) is 4.90 Å². The number of nitrogens with zero attached hydrogens (tertiary/aromatic N) is 2. The van der Waals surface area contributed by atoms with Crippen LogP contribution in [0.4, 0.5) is 0 Å². The van der Waals surface area contributed by atoms with Crippen LogP contribution < -0.4 is 4.74 Å². The fraction of sp³-hybridized carbons (Fsp3) is 0.529. The van der Waals surface area contributed by atoms with E-state index in [0.717, 1.165) is 12.8 Å². The summed E-state index contributed by atoms with van der Waals surface area (Å²) in [5.74, 6) is -0.222. The van der Waals surface area contributed by atoms with Gasteiger partial charge in [-0.15, -0.1) is 0 Å². The molecule has 1 aliphatic heterocycles. The molecule has 0 aromatic heterocycles. The van der Waals surface area contributed by atoms with Gasteiger partial charge in [0.25, 0.3) is 5.91 Å². The molecule has 1 unspecified atom stereocenters. The predicted octanol–water partition coefficient (Wildman–Crippen LogP) is 2.38. The number of carboxylic acids is 1. The van der Waals surface area contributed by atoms with Crippen LogP contribution >= 0.6 is 23.2 Å². The van der Waals surface area contributed by atoms with Crippen LogP contribution in [0.5, 0.6) is 5.75 Å². The van der Waals surface area contributed by atoms with Crippen molar-refractivity contribution in [3.63, 3.8) is 0 Å². The molecule has 1 heterocycles. The van der Waals surface area contributed by atoms with Crippen LogP contribution in [0.3, 0.4) is 0 Å². The summed E-state index contributed by atoms with van der Waals surface area (Å²) in [6.07, 6.45) is 1.96. The van der Waals surface area contributed by atoms with Gasteiger partial charge < -0.3 is 14.7 Å². The van der Waals surface area contributed by atoms with E-state index in [1.165, 1.54) is 0 Å². The van der Waals surface area contributed by atoms with Crippen LogP contribution in [0.15, 0.2) is 18.2 Å². The van der Waals surface area contributed by atoms with Crippen molar-refractivity contribution >= 4 is 35.1 Å². The van der Waals surface area contributed by atoms with Crippen molar-refractivity contribution in [1.82, 2.24) is 9.80 Å². The molecule has 25 heavy (non-hydrogen) atoms. The van der Waals surface area contributed by atoms with Crippen LogP contribution in [0.2, 0.25) is 10.0 Å². The van der Waals surface area contributed by atoms with E-state index in [9.17, 15) is 14.7 Å². The molecule has 8 heteroatoms. The molecule has 2 fully saturated rings. The third-order valence-electron chi connectivity index (χ3n) is 4.63. The molecule has 3 rings (SSSR count). The number of carboxylic acid groups (broad SMARTS) is 1. The zero-order valence-corrected chi connectivity index (χ0v) is 15.2. The first kappa shape index (κ1) is 18.3. The van der Waals surface area contributed by atoms with Crippen LogP contribution in [-0.4, -0.2) is 65.6 Å². The third-order valence-corrected chi connectivity index (χ3v) is 5.16. The quantitative estimate of drug-likeness (QED) is 0.812. The van der Waals surface area contributed by atoms with E-state index in [0.29, 0.717) is 42.0 Å². The highest BCUT2D eigenvalue weighted by atomic mass is 35.5. The normalized spacial score (nSPS) is 19.5. The molecule has 6 nitrogen and oxygen atoms in total. The molecule has 1 aromatic carbocycles. The van der Waals surface area contributed by atoms with Crippen molar-refractivity contribution in [2.75, 3.05) is 32.8 Å². The fourth-order valence-corrected chi connectivity index (χ4v) is 3.60. The zero-order valence-electron chi connectivity index (χ0n) is 13.7. The minimum absolute atomic E-state index is 0.105. The lowest BCUT2D eigenvalue weighted by atomic mass is 10.1. The number of rotatable bonds is 6. The van der Waals surface area contributed by atoms with Crippen LogP contribution in [0, 0.1) is 5.92 Å². The summed E-state index contributed by atoms with van der Waals surface area (Å²) in [6, 6.07) is 4.42. The Hall–Kier alpha value is -1.50. The Morgan fingerprint density at radius 2 is 1.88 bits per heavy atom. The van der Waals surface area contributed by atoms with Gasteiger partial charge in [-0.1, -0.05) is 23.2 Å². The van der Waals surface area contributed by atoms with Gasteiger partial charge in [-0.25, -0.2) is 0 Å². The summed E-state index contributed by atoms with van der Waals surface area (Å²) >= 11 is 11.8. The molecule has 1 aromatic rings. The second-order valence-electron chi connectivity index (χ2n) is 6.40. The molecular weight excluding hydrogens is 367 g/mol. The van der Waals surface area contributed by atoms with Gasteiger partial charge in [-0.2, -0.15) is 0 Å². The van der Waals surface area contributed by atoms with Crippen molar-refractivity contribution in [3.05, 3.63) is 28.2 Å². The third kappa shape index (κ3) is 4.57. The van der Waals surface area contributed by atoms with Crippen LogP contribution in [0.1, 0.15) is 12.8 Å². The van der Waals surface area contributed by atoms with E-state index < -0.39 is 12.0 Å². The van der Waals surface area contributed by atoms with Crippen molar-refractivity contribution < 1.29 is 19.4 Å². The van der Waals surface area contributed by atoms with E-state index in [2.05, 4.69) is 0 Å². The fourth-order valence-electron chi connectivity index (χ4n) is 3.14. The summed E-state index contributed by atoms with van der Waals surface area (Å²) < 4.78 is 5.48. The highest BCUT2D eigenvalue weighted by Gasteiger charge is 2.41. The number of hydrogen-bond donors (Lipinski definition) is 1. The van der Waals surface area contributed by atoms with Gasteiger partial charge in [0.1, 0.15) is 11.8 Å². The summed E-state index contributed by atoms with van der Waals surface area (Å²) in [7, 11) is 0. The first-order chi connectivity index (χ1) is 12.0. The number of aliphatic carboxylic acids is 1. The van der Waals surface area contributed by atoms with Gasteiger partial charge in [0, 0.05) is 31.2 Å². The standard InChI is InChI=1S/C17H20Cl2N2O4/c18-12-3-4-14(13(19)9-12)25-10-15(22)20-5-7-21(8-6-20)16(17(23)24)11-1-2-11/h3-4,9,11,16H,1-2,5-8,10H2,(H,23,24). The Morgan fingerprint density at radius 1 is 1.20 bits per heavy atom. The lowest BCUT2D eigenvalue weighted by molar-refractivity contribution is -0.146. The van der Waals surface area contributed by atoms with Crippen LogP contribution in [-0.2, 0) is 9.59 Å². The zero-order chi connectivity index (χ0) is 18.0. The Morgan fingerprint density at radius 3 is 2.44 bits per heavy atom. The average Bonchev–Trinajstić information content (AvgIpc) is 3.39. The molecule has 1 aliphatic carbocycles. The number of benzene rings is 1. The largest absolute Gasteiger partial charge is 0.482 e. The number of halogens is 2. The van der Waals surface area contributed by atoms with Gasteiger partial charge in [0.05, 0.1) is 5.02 Å². The van der Waals surface area contributed by atoms with E-state index in [4.69, 9.17) is 27.9 Å². The summed E-state index contributed by atoms with van der Waals surface area (Å²) in [5.41, 5.74) is 0. The molecule has 1 saturated heterocycles. The highest BCUT2D eigenvalue weighted by Crippen LogP contribution is 2.36. The molecule has 2 aliphatic rings. The molecule has 1 N–H and O–H groups in total. The topological polar surface area (TPSA) is 70.1 Å². The molecule has 0 radical (unpaired) electrons. The maximum absolute atomic E-state index is 12.3. The Kier molecular flexibility index (Phi) is 5.71. The SMILES string of the molecule is O=C(O)C(C1CC1)N1CCN(C(=O)COc2ccc(Cl)cc2Cl)CC1. The molecule has 1 atom stereocenters. The maximum Gasteiger partial charge on any atom is 0.321 e. The number of carbonyl (C=O) groups is 2. The monoisotopic (exact) mass is 386 g/mol. The Balaban J connectivity index is 1.49. The molecule has 0 spiro atoms. The molecule has 1 amide bonds. The first-order valence-electron chi connectivity index (χ1n) is 8.28. The summed E-state index contributed by atoms with van der Waals surface area (Å²) in [6.45, 7) is 2.05. The number of piperazine rings is 1. The van der Waals surface area contributed by atoms with Crippen molar-refractivity contribution in [2.24, 2.45) is 5.92 Å². The number of carbonyl (C=O) groups excluding carboxylic acids is 1. The lowest BCUT2D eigenvalue weighted by Gasteiger charge is -2.37. The molecular formula is C17H20Cl2N2O4. The van der Waals surface area contributed by atoms with Gasteiger partial charge >= 0.3 is 5.97 Å². The van der Waals surface area contributed by atoms with Gasteiger partial charge in [-0.3, -0.25) is 14.5 Å². The minimum Gasteiger partial charge on any atom is -0.482 e. The van der Waals surface area contributed by atoms with Crippen molar-refractivity contribution in [3.8, 4) is 5.75 Å².